The molecular weight excluding hydrogens is 368 g/mol. The lowest BCUT2D eigenvalue weighted by Crippen LogP contribution is -2.35. The first kappa shape index (κ1) is 19.4. The molecule has 0 radical (unpaired) electrons. The number of aryl methyl sites for hydroxylation is 1. The summed E-state index contributed by atoms with van der Waals surface area (Å²) >= 11 is 0. The first-order chi connectivity index (χ1) is 13.7. The maximum absolute atomic E-state index is 12.7. The molecule has 1 fully saturated rings. The van der Waals surface area contributed by atoms with Gasteiger partial charge in [-0.15, -0.1) is 0 Å². The molecule has 2 aliphatic rings. The van der Waals surface area contributed by atoms with Crippen LogP contribution in [0.5, 0.6) is 0 Å². The number of piperidine rings is 1. The monoisotopic (exact) mass is 394 g/mol. The fourth-order valence-corrected chi connectivity index (χ4v) is 4.47. The van der Waals surface area contributed by atoms with Crippen LogP contribution in [0.4, 0.5) is 5.69 Å². The minimum absolute atomic E-state index is 0.127. The van der Waals surface area contributed by atoms with Gasteiger partial charge in [0, 0.05) is 32.4 Å². The number of primary amides is 1. The standard InChI is InChI=1S/C22H26N4O3/c1-13-20-18(11-22(2,3)12-19(20)28)26(24-13)14-4-5-16(21(23)29)17(10-14)25-8-6-15(27)7-9-25/h4-5,10H,6-9,11-12H2,1-3H3,(H2,23,29). The topological polar surface area (TPSA) is 98.3 Å². The number of benzene rings is 1. The van der Waals surface area contributed by atoms with Crippen LogP contribution in [-0.4, -0.2) is 40.3 Å². The van der Waals surface area contributed by atoms with Gasteiger partial charge < -0.3 is 10.6 Å². The Morgan fingerprint density at radius 2 is 1.83 bits per heavy atom. The van der Waals surface area contributed by atoms with Crippen LogP contribution >= 0.6 is 0 Å². The predicted octanol–water partition coefficient (Wildman–Crippen LogP) is 2.60. The summed E-state index contributed by atoms with van der Waals surface area (Å²) < 4.78 is 1.83. The van der Waals surface area contributed by atoms with Gasteiger partial charge in [-0.1, -0.05) is 13.8 Å². The molecule has 0 saturated carbocycles. The summed E-state index contributed by atoms with van der Waals surface area (Å²) in [5, 5.41) is 4.66. The van der Waals surface area contributed by atoms with Gasteiger partial charge in [0.15, 0.2) is 5.78 Å². The van der Waals surface area contributed by atoms with E-state index in [1.54, 1.807) is 6.07 Å². The smallest absolute Gasteiger partial charge is 0.250 e. The summed E-state index contributed by atoms with van der Waals surface area (Å²) in [5.41, 5.74) is 9.76. The van der Waals surface area contributed by atoms with Gasteiger partial charge in [0.1, 0.15) is 5.78 Å². The van der Waals surface area contributed by atoms with E-state index in [4.69, 9.17) is 5.73 Å². The third-order valence-electron chi connectivity index (χ3n) is 5.87. The second-order valence-corrected chi connectivity index (χ2v) is 8.85. The number of Topliss-reactive ketones (excluding diaryl/α,β-unsaturated/α-hetero) is 2. The highest BCUT2D eigenvalue weighted by atomic mass is 16.1. The molecule has 2 aromatic rings. The molecule has 29 heavy (non-hydrogen) atoms. The first-order valence-electron chi connectivity index (χ1n) is 9.99. The van der Waals surface area contributed by atoms with Crippen LogP contribution in [0.15, 0.2) is 18.2 Å². The molecule has 1 saturated heterocycles. The van der Waals surface area contributed by atoms with Gasteiger partial charge in [-0.2, -0.15) is 5.10 Å². The quantitative estimate of drug-likeness (QED) is 0.863. The maximum atomic E-state index is 12.7. The van der Waals surface area contributed by atoms with Gasteiger partial charge >= 0.3 is 0 Å². The van der Waals surface area contributed by atoms with E-state index in [-0.39, 0.29) is 17.0 Å². The molecule has 1 aromatic heterocycles. The molecular formula is C22H26N4O3. The third kappa shape index (κ3) is 3.45. The number of anilines is 1. The van der Waals surface area contributed by atoms with Gasteiger partial charge in [0.2, 0.25) is 0 Å². The average molecular weight is 394 g/mol. The maximum Gasteiger partial charge on any atom is 0.250 e. The van der Waals surface area contributed by atoms with Gasteiger partial charge in [-0.05, 0) is 37.0 Å². The van der Waals surface area contributed by atoms with E-state index in [9.17, 15) is 14.4 Å². The lowest BCUT2D eigenvalue weighted by Gasteiger charge is -2.31. The zero-order valence-electron chi connectivity index (χ0n) is 17.1. The second-order valence-electron chi connectivity index (χ2n) is 8.85. The molecule has 7 heteroatoms. The molecule has 1 aromatic carbocycles. The molecule has 0 spiro atoms. The average Bonchev–Trinajstić information content (AvgIpc) is 2.97. The number of nitrogens with zero attached hydrogens (tertiary/aromatic N) is 3. The molecule has 0 bridgehead atoms. The summed E-state index contributed by atoms with van der Waals surface area (Å²) in [4.78, 5) is 38.4. The van der Waals surface area contributed by atoms with E-state index in [1.165, 1.54) is 0 Å². The number of carbonyl (C=O) groups excluding carboxylic acids is 3. The number of aromatic nitrogens is 2. The fraction of sp³-hybridized carbons (Fsp3) is 0.455. The largest absolute Gasteiger partial charge is 0.370 e. The van der Waals surface area contributed by atoms with Crippen LogP contribution in [0, 0.1) is 12.3 Å². The molecule has 2 heterocycles. The Morgan fingerprint density at radius 3 is 2.48 bits per heavy atom. The number of rotatable bonds is 3. The Morgan fingerprint density at radius 1 is 1.14 bits per heavy atom. The van der Waals surface area contributed by atoms with E-state index in [0.29, 0.717) is 49.2 Å². The van der Waals surface area contributed by atoms with Crippen LogP contribution < -0.4 is 10.6 Å². The summed E-state index contributed by atoms with van der Waals surface area (Å²) in [5.74, 6) is -0.141. The van der Waals surface area contributed by atoms with Crippen molar-refractivity contribution in [2.75, 3.05) is 18.0 Å². The summed E-state index contributed by atoms with van der Waals surface area (Å²) in [6.45, 7) is 7.16. The van der Waals surface area contributed by atoms with Crippen molar-refractivity contribution >= 4 is 23.2 Å². The van der Waals surface area contributed by atoms with Crippen LogP contribution in [0.1, 0.15) is 65.2 Å². The van der Waals surface area contributed by atoms with Gasteiger partial charge in [0.05, 0.1) is 33.9 Å². The molecule has 4 rings (SSSR count). The van der Waals surface area contributed by atoms with Gasteiger partial charge in [-0.25, -0.2) is 4.68 Å². The number of fused-ring (bicyclic) bond motifs is 1. The predicted molar refractivity (Wildman–Crippen MR) is 110 cm³/mol. The first-order valence-corrected chi connectivity index (χ1v) is 9.99. The fourth-order valence-electron chi connectivity index (χ4n) is 4.47. The highest BCUT2D eigenvalue weighted by Crippen LogP contribution is 2.37. The molecule has 2 N–H and O–H groups in total. The number of nitrogens with two attached hydrogens (primary N) is 1. The third-order valence-corrected chi connectivity index (χ3v) is 5.87. The summed E-state index contributed by atoms with van der Waals surface area (Å²) in [7, 11) is 0. The van der Waals surface area contributed by atoms with Crippen LogP contribution in [0.3, 0.4) is 0 Å². The minimum atomic E-state index is -0.501. The van der Waals surface area contributed by atoms with Crippen molar-refractivity contribution in [2.45, 2.75) is 46.5 Å². The second kappa shape index (κ2) is 6.83. The van der Waals surface area contributed by atoms with Crippen molar-refractivity contribution < 1.29 is 14.4 Å². The number of hydrogen-bond acceptors (Lipinski definition) is 5. The zero-order chi connectivity index (χ0) is 20.9. The van der Waals surface area contributed by atoms with E-state index in [1.807, 2.05) is 28.6 Å². The summed E-state index contributed by atoms with van der Waals surface area (Å²) in [6.07, 6.45) is 2.18. The lowest BCUT2D eigenvalue weighted by molar-refractivity contribution is -0.119. The van der Waals surface area contributed by atoms with Gasteiger partial charge in [-0.3, -0.25) is 14.4 Å². The van der Waals surface area contributed by atoms with Crippen molar-refractivity contribution in [1.82, 2.24) is 9.78 Å². The van der Waals surface area contributed by atoms with Gasteiger partial charge in [0.25, 0.3) is 5.91 Å². The van der Waals surface area contributed by atoms with Crippen molar-refractivity contribution in [1.29, 1.82) is 0 Å². The summed E-state index contributed by atoms with van der Waals surface area (Å²) in [6, 6.07) is 5.43. The number of ketones is 2. The normalized spacial score (nSPS) is 18.7. The minimum Gasteiger partial charge on any atom is -0.370 e. The van der Waals surface area contributed by atoms with Crippen LogP contribution in [-0.2, 0) is 11.2 Å². The Labute approximate surface area is 169 Å². The molecule has 1 aliphatic carbocycles. The number of hydrogen-bond donors (Lipinski definition) is 1. The van der Waals surface area contributed by atoms with E-state index >= 15 is 0 Å². The highest BCUT2D eigenvalue weighted by Gasteiger charge is 2.36. The van der Waals surface area contributed by atoms with Crippen LogP contribution in [0.25, 0.3) is 5.69 Å². The zero-order valence-corrected chi connectivity index (χ0v) is 17.1. The number of amides is 1. The van der Waals surface area contributed by atoms with Crippen molar-refractivity contribution in [2.24, 2.45) is 11.1 Å². The van der Waals surface area contributed by atoms with Crippen molar-refractivity contribution in [3.8, 4) is 5.69 Å². The van der Waals surface area contributed by atoms with Crippen LogP contribution in [0.2, 0.25) is 0 Å². The number of carbonyl (C=O) groups is 3. The highest BCUT2D eigenvalue weighted by molar-refractivity contribution is 6.00. The molecule has 7 nitrogen and oxygen atoms in total. The Kier molecular flexibility index (Phi) is 4.56. The molecule has 0 unspecified atom stereocenters. The van der Waals surface area contributed by atoms with Crippen molar-refractivity contribution in [3.63, 3.8) is 0 Å². The van der Waals surface area contributed by atoms with E-state index in [0.717, 1.165) is 23.5 Å². The van der Waals surface area contributed by atoms with E-state index in [2.05, 4.69) is 18.9 Å². The Hall–Kier alpha value is -2.96. The SMILES string of the molecule is Cc1nn(-c2ccc(C(N)=O)c(N3CCC(=O)CC3)c2)c2c1C(=O)CC(C)(C)C2. The molecule has 1 aliphatic heterocycles. The Bertz CT molecular complexity index is 1020. The molecule has 152 valence electrons. The van der Waals surface area contributed by atoms with E-state index < -0.39 is 5.91 Å². The molecule has 1 amide bonds. The molecule has 0 atom stereocenters. The lowest BCUT2D eigenvalue weighted by atomic mass is 9.75. The Balaban J connectivity index is 1.82. The van der Waals surface area contributed by atoms with Crippen molar-refractivity contribution in [3.05, 3.63) is 40.7 Å².